The zero-order valence-corrected chi connectivity index (χ0v) is 12.6. The number of nitrogens with zero attached hydrogens (tertiary/aromatic N) is 1. The summed E-state index contributed by atoms with van der Waals surface area (Å²) in [5, 5.41) is 0. The second-order valence-electron chi connectivity index (χ2n) is 4.27. The van der Waals surface area contributed by atoms with Crippen molar-refractivity contribution < 1.29 is 32.2 Å². The molecule has 5 nitrogen and oxygen atoms in total. The number of hydrogen-bond acceptors (Lipinski definition) is 5. The average Bonchev–Trinajstić information content (AvgIpc) is 2.47. The Morgan fingerprint density at radius 2 is 1.52 bits per heavy atom. The van der Waals surface area contributed by atoms with E-state index in [9.17, 15) is 22.8 Å². The van der Waals surface area contributed by atoms with Crippen LogP contribution in [-0.4, -0.2) is 37.0 Å². The fraction of sp³-hybridized carbons (Fsp3) is 0.400. The lowest BCUT2D eigenvalue weighted by Gasteiger charge is -2.18. The van der Waals surface area contributed by atoms with Crippen LogP contribution in [0.5, 0.6) is 0 Å². The van der Waals surface area contributed by atoms with Crippen molar-refractivity contribution in [1.29, 1.82) is 0 Å². The maximum atomic E-state index is 13.3. The van der Waals surface area contributed by atoms with Gasteiger partial charge in [-0.1, -0.05) is 18.2 Å². The van der Waals surface area contributed by atoms with Crippen LogP contribution in [-0.2, 0) is 19.1 Å². The van der Waals surface area contributed by atoms with Gasteiger partial charge in [-0.25, -0.2) is 4.99 Å². The Balaban J connectivity index is 3.36. The second kappa shape index (κ2) is 8.30. The number of halogens is 3. The van der Waals surface area contributed by atoms with E-state index in [1.807, 2.05) is 0 Å². The first kappa shape index (κ1) is 18.7. The lowest BCUT2D eigenvalue weighted by molar-refractivity contribution is -0.159. The van der Waals surface area contributed by atoms with Crippen LogP contribution >= 0.6 is 0 Å². The highest BCUT2D eigenvalue weighted by Crippen LogP contribution is 2.27. The number of carbonyl (C=O) groups is 2. The predicted molar refractivity (Wildman–Crippen MR) is 76.3 cm³/mol. The third kappa shape index (κ3) is 5.39. The van der Waals surface area contributed by atoms with Crippen LogP contribution in [0.3, 0.4) is 0 Å². The maximum absolute atomic E-state index is 13.3. The Morgan fingerprint density at radius 1 is 1.04 bits per heavy atom. The van der Waals surface area contributed by atoms with E-state index >= 15 is 0 Å². The van der Waals surface area contributed by atoms with Crippen LogP contribution in [0.1, 0.15) is 13.8 Å². The Labute approximate surface area is 131 Å². The van der Waals surface area contributed by atoms with Crippen LogP contribution in [0.15, 0.2) is 35.3 Å². The highest BCUT2D eigenvalue weighted by atomic mass is 19.4. The third-order valence-electron chi connectivity index (χ3n) is 2.61. The Morgan fingerprint density at radius 3 is 1.91 bits per heavy atom. The number of rotatable bonds is 6. The topological polar surface area (TPSA) is 65.0 Å². The summed E-state index contributed by atoms with van der Waals surface area (Å²) in [4.78, 5) is 27.1. The lowest BCUT2D eigenvalue weighted by Crippen LogP contribution is -2.42. The number of ether oxygens (including phenoxy) is 2. The minimum atomic E-state index is -5.00. The summed E-state index contributed by atoms with van der Waals surface area (Å²) in [6.45, 7) is 2.49. The molecule has 0 bridgehead atoms. The fourth-order valence-corrected chi connectivity index (χ4v) is 1.70. The normalized spacial score (nSPS) is 12.2. The Hall–Kier alpha value is -2.38. The first-order chi connectivity index (χ1) is 10.8. The molecule has 0 heterocycles. The van der Waals surface area contributed by atoms with Gasteiger partial charge in [0, 0.05) is 0 Å². The van der Waals surface area contributed by atoms with Gasteiger partial charge in [0.25, 0.3) is 0 Å². The summed E-state index contributed by atoms with van der Waals surface area (Å²) in [5.74, 6) is -4.98. The molecule has 0 saturated carbocycles. The number of esters is 2. The Bertz CT molecular complexity index is 552. The first-order valence-corrected chi connectivity index (χ1v) is 6.85. The summed E-state index contributed by atoms with van der Waals surface area (Å²) in [7, 11) is 0. The molecule has 0 aliphatic carbocycles. The van der Waals surface area contributed by atoms with Crippen LogP contribution in [0.4, 0.5) is 18.9 Å². The van der Waals surface area contributed by atoms with Gasteiger partial charge in [0.05, 0.1) is 18.9 Å². The van der Waals surface area contributed by atoms with Gasteiger partial charge in [-0.15, -0.1) is 0 Å². The first-order valence-electron chi connectivity index (χ1n) is 6.85. The third-order valence-corrected chi connectivity index (χ3v) is 2.61. The summed E-state index contributed by atoms with van der Waals surface area (Å²) in [5.41, 5.74) is -1.61. The molecule has 0 radical (unpaired) electrons. The van der Waals surface area contributed by atoms with Crippen molar-refractivity contribution in [2.45, 2.75) is 20.0 Å². The predicted octanol–water partition coefficient (Wildman–Crippen LogP) is 3.06. The number of alkyl halides is 3. The zero-order valence-electron chi connectivity index (χ0n) is 12.6. The molecule has 0 N–H and O–H groups in total. The molecule has 0 amide bonds. The smallest absolute Gasteiger partial charge is 0.430 e. The molecule has 0 fully saturated rings. The van der Waals surface area contributed by atoms with Crippen molar-refractivity contribution in [2.75, 3.05) is 13.2 Å². The van der Waals surface area contributed by atoms with E-state index in [4.69, 9.17) is 0 Å². The number of carbonyl (C=O) groups excluding carboxylic acids is 2. The van der Waals surface area contributed by atoms with Gasteiger partial charge in [-0.05, 0) is 26.0 Å². The van der Waals surface area contributed by atoms with E-state index in [0.29, 0.717) is 0 Å². The van der Waals surface area contributed by atoms with Gasteiger partial charge >= 0.3 is 18.1 Å². The largest absolute Gasteiger partial charge is 0.465 e. The number of hydrogen-bond donors (Lipinski definition) is 0. The van der Waals surface area contributed by atoms with Crippen molar-refractivity contribution in [3.8, 4) is 0 Å². The molecule has 0 aromatic heterocycles. The molecular formula is C15H16F3NO4. The van der Waals surface area contributed by atoms with Crippen molar-refractivity contribution in [2.24, 2.45) is 10.9 Å². The van der Waals surface area contributed by atoms with Crippen molar-refractivity contribution in [1.82, 2.24) is 0 Å². The van der Waals surface area contributed by atoms with E-state index in [0.717, 1.165) is 0 Å². The van der Waals surface area contributed by atoms with Crippen molar-refractivity contribution >= 4 is 23.3 Å². The van der Waals surface area contributed by atoms with E-state index in [1.54, 1.807) is 6.07 Å². The van der Waals surface area contributed by atoms with Crippen LogP contribution in [0, 0.1) is 5.92 Å². The SMILES string of the molecule is CCOC(=O)C(C(=O)OCC)/C(=N/c1ccccc1)C(F)(F)F. The molecule has 0 saturated heterocycles. The molecule has 126 valence electrons. The summed E-state index contributed by atoms with van der Waals surface area (Å²) in [6, 6.07) is 7.20. The molecule has 1 aromatic rings. The molecule has 1 rings (SSSR count). The number of para-hydroxylation sites is 1. The van der Waals surface area contributed by atoms with E-state index in [-0.39, 0.29) is 18.9 Å². The van der Waals surface area contributed by atoms with E-state index in [1.165, 1.54) is 38.1 Å². The highest BCUT2D eigenvalue weighted by Gasteiger charge is 2.49. The summed E-state index contributed by atoms with van der Waals surface area (Å²) < 4.78 is 49.1. The lowest BCUT2D eigenvalue weighted by atomic mass is 10.0. The molecule has 1 aromatic carbocycles. The second-order valence-corrected chi connectivity index (χ2v) is 4.27. The monoisotopic (exact) mass is 331 g/mol. The van der Waals surface area contributed by atoms with Gasteiger partial charge < -0.3 is 9.47 Å². The summed E-state index contributed by atoms with van der Waals surface area (Å²) in [6.07, 6.45) is -5.00. The van der Waals surface area contributed by atoms with Gasteiger partial charge in [-0.3, -0.25) is 9.59 Å². The number of benzene rings is 1. The van der Waals surface area contributed by atoms with E-state index in [2.05, 4.69) is 14.5 Å². The molecular weight excluding hydrogens is 315 g/mol. The molecule has 0 unspecified atom stereocenters. The Kier molecular flexibility index (Phi) is 6.74. The quantitative estimate of drug-likeness (QED) is 0.456. The average molecular weight is 331 g/mol. The van der Waals surface area contributed by atoms with Gasteiger partial charge in [0.1, 0.15) is 5.71 Å². The van der Waals surface area contributed by atoms with E-state index < -0.39 is 29.7 Å². The van der Waals surface area contributed by atoms with Crippen LogP contribution < -0.4 is 0 Å². The highest BCUT2D eigenvalue weighted by molar-refractivity contribution is 6.19. The molecule has 23 heavy (non-hydrogen) atoms. The molecule has 8 heteroatoms. The maximum Gasteiger partial charge on any atom is 0.430 e. The zero-order chi connectivity index (χ0) is 17.5. The molecule has 0 aliphatic rings. The minimum absolute atomic E-state index is 0.0431. The standard InChI is InChI=1S/C15H16F3NO4/c1-3-22-13(20)11(14(21)23-4-2)12(15(16,17)18)19-10-8-6-5-7-9-10/h5-9,11H,3-4H2,1-2H3/b19-12-. The summed E-state index contributed by atoms with van der Waals surface area (Å²) >= 11 is 0. The van der Waals surface area contributed by atoms with Gasteiger partial charge in [0.15, 0.2) is 0 Å². The minimum Gasteiger partial charge on any atom is -0.465 e. The van der Waals surface area contributed by atoms with Gasteiger partial charge in [0.2, 0.25) is 5.92 Å². The van der Waals surface area contributed by atoms with Crippen LogP contribution in [0.2, 0.25) is 0 Å². The molecule has 0 aliphatic heterocycles. The number of aliphatic imine (C=N–C) groups is 1. The fourth-order valence-electron chi connectivity index (χ4n) is 1.70. The van der Waals surface area contributed by atoms with Gasteiger partial charge in [-0.2, -0.15) is 13.2 Å². The molecule has 0 atom stereocenters. The van der Waals surface area contributed by atoms with Crippen LogP contribution in [0.25, 0.3) is 0 Å². The van der Waals surface area contributed by atoms with Crippen molar-refractivity contribution in [3.63, 3.8) is 0 Å². The van der Waals surface area contributed by atoms with Crippen molar-refractivity contribution in [3.05, 3.63) is 30.3 Å². The molecule has 0 spiro atoms.